The fraction of sp³-hybridized carbons (Fsp3) is 0.414. The number of nitriles is 1. The fourth-order valence-electron chi connectivity index (χ4n) is 6.00. The third kappa shape index (κ3) is 4.34. The highest BCUT2D eigenvalue weighted by Gasteiger charge is 2.26. The topological polar surface area (TPSA) is 119 Å². The number of nitrogens with zero attached hydrogens (tertiary/aromatic N) is 7. The number of pyridine rings is 2. The van der Waals surface area contributed by atoms with E-state index in [0.29, 0.717) is 66.3 Å². The van der Waals surface area contributed by atoms with Crippen molar-refractivity contribution in [2.24, 2.45) is 7.05 Å². The molecule has 11 heteroatoms. The van der Waals surface area contributed by atoms with Crippen molar-refractivity contribution >= 4 is 45.3 Å². The summed E-state index contributed by atoms with van der Waals surface area (Å²) < 4.78 is 3.66. The lowest BCUT2D eigenvalue weighted by Crippen LogP contribution is -2.48. The summed E-state index contributed by atoms with van der Waals surface area (Å²) in [6, 6.07) is 11.1. The van der Waals surface area contributed by atoms with Gasteiger partial charge in [-0.25, -0.2) is 4.98 Å². The maximum Gasteiger partial charge on any atom is 0.259 e. The number of carbonyl (C=O) groups excluding carboxylic acids is 2. The predicted octanol–water partition coefficient (Wildman–Crippen LogP) is 1.71. The molecule has 0 radical (unpaired) electrons. The highest BCUT2D eigenvalue weighted by atomic mass is 16.2. The Morgan fingerprint density at radius 2 is 1.77 bits per heavy atom. The number of hydrogen-bond donors (Lipinski definition) is 1. The van der Waals surface area contributed by atoms with Crippen molar-refractivity contribution in [3.8, 4) is 6.07 Å². The zero-order valence-corrected chi connectivity index (χ0v) is 22.8. The number of likely N-dealkylation sites (tertiary alicyclic amines) is 1. The van der Waals surface area contributed by atoms with Crippen LogP contribution >= 0.6 is 0 Å². The molecular weight excluding hydrogens is 508 g/mol. The van der Waals surface area contributed by atoms with Gasteiger partial charge in [-0.15, -0.1) is 0 Å². The third-order valence-corrected chi connectivity index (χ3v) is 8.19. The normalized spacial score (nSPS) is 16.2. The SMILES string of the molecule is CC(=O)N1CCN(c2ccc3c(=O)c(C(=O)NCCN4CCCC4)c4n(C)c5ccc(C#N)cc5n4c3n2)CC1. The van der Waals surface area contributed by atoms with Gasteiger partial charge in [0.15, 0.2) is 5.65 Å². The summed E-state index contributed by atoms with van der Waals surface area (Å²) >= 11 is 0. The second kappa shape index (κ2) is 10.3. The first-order chi connectivity index (χ1) is 19.4. The molecule has 0 unspecified atom stereocenters. The fourth-order valence-corrected chi connectivity index (χ4v) is 6.00. The highest BCUT2D eigenvalue weighted by Crippen LogP contribution is 2.28. The first kappa shape index (κ1) is 25.8. The number of nitrogens with one attached hydrogen (secondary N) is 1. The van der Waals surface area contributed by atoms with Crippen LogP contribution in [-0.2, 0) is 11.8 Å². The number of aryl methyl sites for hydroxylation is 1. The van der Waals surface area contributed by atoms with E-state index in [1.807, 2.05) is 27.0 Å². The maximum absolute atomic E-state index is 13.9. The van der Waals surface area contributed by atoms with Crippen LogP contribution < -0.4 is 15.6 Å². The molecule has 4 aromatic rings. The van der Waals surface area contributed by atoms with Crippen LogP contribution in [0.2, 0.25) is 0 Å². The monoisotopic (exact) mass is 540 g/mol. The lowest BCUT2D eigenvalue weighted by Gasteiger charge is -2.35. The quantitative estimate of drug-likeness (QED) is 0.409. The minimum Gasteiger partial charge on any atom is -0.353 e. The number of piperazine rings is 1. The first-order valence-electron chi connectivity index (χ1n) is 13.8. The number of imidazole rings is 1. The Morgan fingerprint density at radius 3 is 2.48 bits per heavy atom. The van der Waals surface area contributed by atoms with Crippen LogP contribution in [-0.4, -0.2) is 87.9 Å². The van der Waals surface area contributed by atoms with E-state index in [-0.39, 0.29) is 16.9 Å². The molecule has 2 fully saturated rings. The van der Waals surface area contributed by atoms with Gasteiger partial charge in [0.25, 0.3) is 5.91 Å². The van der Waals surface area contributed by atoms with Gasteiger partial charge in [-0.3, -0.25) is 18.8 Å². The van der Waals surface area contributed by atoms with Crippen molar-refractivity contribution in [3.05, 3.63) is 51.7 Å². The maximum atomic E-state index is 13.9. The van der Waals surface area contributed by atoms with Crippen molar-refractivity contribution in [3.63, 3.8) is 0 Å². The Labute approximate surface area is 231 Å². The van der Waals surface area contributed by atoms with Crippen LogP contribution in [0.15, 0.2) is 35.1 Å². The second-order valence-corrected chi connectivity index (χ2v) is 10.6. The number of rotatable bonds is 5. The summed E-state index contributed by atoms with van der Waals surface area (Å²) in [5.74, 6) is 0.328. The van der Waals surface area contributed by atoms with E-state index in [2.05, 4.69) is 21.2 Å². The van der Waals surface area contributed by atoms with E-state index in [1.165, 1.54) is 12.8 Å². The summed E-state index contributed by atoms with van der Waals surface area (Å²) in [7, 11) is 1.82. The Morgan fingerprint density at radius 1 is 1.02 bits per heavy atom. The van der Waals surface area contributed by atoms with Gasteiger partial charge in [-0.2, -0.15) is 5.26 Å². The number of benzene rings is 1. The molecular formula is C29H32N8O3. The summed E-state index contributed by atoms with van der Waals surface area (Å²) in [5.41, 5.74) is 2.50. The number of hydrogen-bond acceptors (Lipinski definition) is 7. The summed E-state index contributed by atoms with van der Waals surface area (Å²) in [6.45, 7) is 7.27. The van der Waals surface area contributed by atoms with Crippen LogP contribution in [0.5, 0.6) is 0 Å². The molecule has 206 valence electrons. The number of carbonyl (C=O) groups is 2. The molecule has 0 aliphatic carbocycles. The van der Waals surface area contributed by atoms with Crippen LogP contribution in [0.25, 0.3) is 27.7 Å². The van der Waals surface area contributed by atoms with Gasteiger partial charge in [-0.1, -0.05) is 0 Å². The van der Waals surface area contributed by atoms with Gasteiger partial charge in [0, 0.05) is 53.2 Å². The Hall–Kier alpha value is -4.43. The summed E-state index contributed by atoms with van der Waals surface area (Å²) in [6.07, 6.45) is 2.34. The minimum absolute atomic E-state index is 0.0506. The molecule has 6 rings (SSSR count). The Bertz CT molecular complexity index is 1750. The molecule has 2 saturated heterocycles. The van der Waals surface area contributed by atoms with Crippen LogP contribution in [0, 0.1) is 11.3 Å². The zero-order chi connectivity index (χ0) is 28.0. The average molecular weight is 541 g/mol. The molecule has 1 aromatic carbocycles. The van der Waals surface area contributed by atoms with E-state index < -0.39 is 5.91 Å². The molecule has 0 spiro atoms. The molecule has 2 aliphatic rings. The molecule has 0 saturated carbocycles. The average Bonchev–Trinajstić information content (AvgIpc) is 3.59. The van der Waals surface area contributed by atoms with Crippen molar-refractivity contribution in [2.45, 2.75) is 19.8 Å². The number of amides is 2. The van der Waals surface area contributed by atoms with Crippen molar-refractivity contribution in [1.82, 2.24) is 29.1 Å². The van der Waals surface area contributed by atoms with Crippen molar-refractivity contribution in [2.75, 3.05) is 57.3 Å². The lowest BCUT2D eigenvalue weighted by atomic mass is 10.1. The van der Waals surface area contributed by atoms with E-state index in [4.69, 9.17) is 4.98 Å². The molecule has 2 amide bonds. The van der Waals surface area contributed by atoms with Gasteiger partial charge in [0.05, 0.1) is 28.1 Å². The van der Waals surface area contributed by atoms with Crippen LogP contribution in [0.1, 0.15) is 35.7 Å². The first-order valence-corrected chi connectivity index (χ1v) is 13.8. The molecule has 5 heterocycles. The molecule has 40 heavy (non-hydrogen) atoms. The minimum atomic E-state index is -0.417. The van der Waals surface area contributed by atoms with E-state index in [9.17, 15) is 19.6 Å². The van der Waals surface area contributed by atoms with Gasteiger partial charge in [0.2, 0.25) is 11.3 Å². The van der Waals surface area contributed by atoms with Crippen LogP contribution in [0.3, 0.4) is 0 Å². The number of fused-ring (bicyclic) bond motifs is 5. The van der Waals surface area contributed by atoms with Gasteiger partial charge in [0.1, 0.15) is 17.0 Å². The van der Waals surface area contributed by atoms with Crippen LogP contribution in [0.4, 0.5) is 5.82 Å². The standard InChI is InChI=1S/C29H32N8O3/c1-19(38)35-13-15-36(16-14-35)24-8-6-21-26(39)25(28(40)31-9-12-34-10-3-4-11-34)29-33(2)22-7-5-20(18-30)17-23(22)37(29)27(21)32-24/h5-8,17H,3-4,9-16H2,1-2H3,(H,31,40). The molecule has 0 bridgehead atoms. The summed E-state index contributed by atoms with van der Waals surface area (Å²) in [4.78, 5) is 50.4. The predicted molar refractivity (Wildman–Crippen MR) is 153 cm³/mol. The third-order valence-electron chi connectivity index (χ3n) is 8.19. The summed E-state index contributed by atoms with van der Waals surface area (Å²) in [5, 5.41) is 12.9. The molecule has 2 aliphatic heterocycles. The Kier molecular flexibility index (Phi) is 6.64. The molecule has 0 atom stereocenters. The molecule has 1 N–H and O–H groups in total. The second-order valence-electron chi connectivity index (χ2n) is 10.6. The largest absolute Gasteiger partial charge is 0.353 e. The van der Waals surface area contributed by atoms with Crippen molar-refractivity contribution < 1.29 is 9.59 Å². The van der Waals surface area contributed by atoms with Gasteiger partial charge in [-0.05, 0) is 56.3 Å². The molecule has 3 aromatic heterocycles. The smallest absolute Gasteiger partial charge is 0.259 e. The van der Waals surface area contributed by atoms with E-state index in [1.54, 1.807) is 31.2 Å². The van der Waals surface area contributed by atoms with Gasteiger partial charge >= 0.3 is 0 Å². The van der Waals surface area contributed by atoms with E-state index >= 15 is 0 Å². The number of aromatic nitrogens is 3. The van der Waals surface area contributed by atoms with E-state index in [0.717, 1.165) is 25.2 Å². The molecule has 11 nitrogen and oxygen atoms in total. The number of anilines is 1. The highest BCUT2D eigenvalue weighted by molar-refractivity contribution is 6.06. The Balaban J connectivity index is 1.49. The lowest BCUT2D eigenvalue weighted by molar-refractivity contribution is -0.129. The zero-order valence-electron chi connectivity index (χ0n) is 22.8. The van der Waals surface area contributed by atoms with Crippen molar-refractivity contribution in [1.29, 1.82) is 5.26 Å². The van der Waals surface area contributed by atoms with Gasteiger partial charge < -0.3 is 24.6 Å².